The molecule has 0 amide bonds. The minimum Gasteiger partial charge on any atom is -0.503 e. The Morgan fingerprint density at radius 1 is 1.03 bits per heavy atom. The van der Waals surface area contributed by atoms with Crippen LogP contribution in [0.2, 0.25) is 0 Å². The number of hydrogen-bond donors (Lipinski definition) is 1. The molecule has 0 spiro atoms. The van der Waals surface area contributed by atoms with Crippen LogP contribution in [0.3, 0.4) is 0 Å². The highest BCUT2D eigenvalue weighted by Gasteiger charge is 2.22. The molecule has 0 aliphatic carbocycles. The SMILES string of the molecule is COc1cc(C=Nc2oc(-c3ccccc3)c(-c3ccccc3)c2C#N)cc(Br)c1O. The maximum Gasteiger partial charge on any atom is 0.238 e. The second-order valence-corrected chi connectivity index (χ2v) is 7.50. The van der Waals surface area contributed by atoms with E-state index < -0.39 is 0 Å². The zero-order valence-electron chi connectivity index (χ0n) is 16.5. The van der Waals surface area contributed by atoms with E-state index in [1.165, 1.54) is 7.11 Å². The first-order valence-corrected chi connectivity index (χ1v) is 10.2. The molecule has 0 bridgehead atoms. The van der Waals surface area contributed by atoms with Gasteiger partial charge in [0.2, 0.25) is 5.88 Å². The van der Waals surface area contributed by atoms with E-state index in [0.29, 0.717) is 32.7 Å². The molecule has 1 aromatic heterocycles. The van der Waals surface area contributed by atoms with Crippen molar-refractivity contribution in [2.75, 3.05) is 7.11 Å². The molecule has 3 aromatic carbocycles. The van der Waals surface area contributed by atoms with Gasteiger partial charge < -0.3 is 14.3 Å². The van der Waals surface area contributed by atoms with Crippen LogP contribution >= 0.6 is 15.9 Å². The molecule has 0 unspecified atom stereocenters. The minimum atomic E-state index is 0.00749. The predicted octanol–water partition coefficient (Wildman–Crippen LogP) is 6.71. The monoisotopic (exact) mass is 472 g/mol. The van der Waals surface area contributed by atoms with Crippen LogP contribution in [0.1, 0.15) is 11.1 Å². The van der Waals surface area contributed by atoms with Gasteiger partial charge >= 0.3 is 0 Å². The van der Waals surface area contributed by atoms with Gasteiger partial charge in [0.05, 0.1) is 11.6 Å². The number of benzene rings is 3. The van der Waals surface area contributed by atoms with E-state index >= 15 is 0 Å². The smallest absolute Gasteiger partial charge is 0.238 e. The van der Waals surface area contributed by atoms with Gasteiger partial charge in [-0.05, 0) is 39.2 Å². The molecule has 0 aliphatic rings. The standard InChI is InChI=1S/C25H17BrN2O3/c1-30-21-13-16(12-20(26)23(21)29)15-28-25-19(14-27)22(17-8-4-2-5-9-17)24(31-25)18-10-6-3-7-11-18/h2-13,15,29H,1H3. The summed E-state index contributed by atoms with van der Waals surface area (Å²) in [5.41, 5.74) is 3.45. The maximum absolute atomic E-state index is 10.0. The Morgan fingerprint density at radius 3 is 2.29 bits per heavy atom. The average Bonchev–Trinajstić information content (AvgIpc) is 3.19. The number of nitrogens with zero attached hydrogens (tertiary/aromatic N) is 2. The highest BCUT2D eigenvalue weighted by atomic mass is 79.9. The second-order valence-electron chi connectivity index (χ2n) is 6.64. The Bertz CT molecular complexity index is 1290. The lowest BCUT2D eigenvalue weighted by atomic mass is 9.98. The molecule has 1 heterocycles. The van der Waals surface area contributed by atoms with Gasteiger partial charge in [-0.15, -0.1) is 0 Å². The average molecular weight is 473 g/mol. The number of aromatic hydroxyl groups is 1. The third-order valence-electron chi connectivity index (χ3n) is 4.70. The zero-order chi connectivity index (χ0) is 21.8. The molecule has 0 fully saturated rings. The van der Waals surface area contributed by atoms with Crippen molar-refractivity contribution < 1.29 is 14.3 Å². The van der Waals surface area contributed by atoms with E-state index in [9.17, 15) is 10.4 Å². The van der Waals surface area contributed by atoms with E-state index in [0.717, 1.165) is 11.1 Å². The van der Waals surface area contributed by atoms with Crippen LogP contribution in [-0.4, -0.2) is 18.4 Å². The third kappa shape index (κ3) is 4.09. The molecule has 0 atom stereocenters. The topological polar surface area (TPSA) is 78.8 Å². The summed E-state index contributed by atoms with van der Waals surface area (Å²) < 4.78 is 11.8. The Morgan fingerprint density at radius 2 is 1.68 bits per heavy atom. The fourth-order valence-corrected chi connectivity index (χ4v) is 3.70. The molecule has 31 heavy (non-hydrogen) atoms. The van der Waals surface area contributed by atoms with Crippen molar-refractivity contribution in [3.63, 3.8) is 0 Å². The Hall–Kier alpha value is -3.82. The number of nitriles is 1. The van der Waals surface area contributed by atoms with E-state index in [1.807, 2.05) is 60.7 Å². The fourth-order valence-electron chi connectivity index (χ4n) is 3.24. The van der Waals surface area contributed by atoms with Crippen molar-refractivity contribution >= 4 is 28.0 Å². The Kier molecular flexibility index (Phi) is 5.87. The number of halogens is 1. The zero-order valence-corrected chi connectivity index (χ0v) is 18.1. The molecule has 0 saturated carbocycles. The first kappa shape index (κ1) is 20.5. The number of ether oxygens (including phenoxy) is 1. The molecule has 5 nitrogen and oxygen atoms in total. The van der Waals surface area contributed by atoms with Crippen LogP contribution in [0.15, 0.2) is 86.7 Å². The number of hydrogen-bond acceptors (Lipinski definition) is 5. The number of phenolic OH excluding ortho intramolecular Hbond substituents is 1. The molecular weight excluding hydrogens is 456 g/mol. The summed E-state index contributed by atoms with van der Waals surface area (Å²) in [4.78, 5) is 4.45. The largest absolute Gasteiger partial charge is 0.503 e. The lowest BCUT2D eigenvalue weighted by Gasteiger charge is -2.06. The lowest BCUT2D eigenvalue weighted by Crippen LogP contribution is -1.88. The second kappa shape index (κ2) is 8.90. The summed E-state index contributed by atoms with van der Waals surface area (Å²) >= 11 is 3.30. The van der Waals surface area contributed by atoms with Crippen molar-refractivity contribution in [3.8, 4) is 40.0 Å². The van der Waals surface area contributed by atoms with Crippen LogP contribution in [0.4, 0.5) is 5.88 Å². The number of phenols is 1. The molecule has 152 valence electrons. The van der Waals surface area contributed by atoms with Crippen molar-refractivity contribution in [1.29, 1.82) is 5.26 Å². The van der Waals surface area contributed by atoms with Crippen molar-refractivity contribution in [3.05, 3.63) is 88.4 Å². The van der Waals surface area contributed by atoms with Crippen molar-refractivity contribution in [1.82, 2.24) is 0 Å². The van der Waals surface area contributed by atoms with E-state index in [4.69, 9.17) is 9.15 Å². The van der Waals surface area contributed by atoms with Crippen LogP contribution in [-0.2, 0) is 0 Å². The van der Waals surface area contributed by atoms with Gasteiger partial charge in [-0.2, -0.15) is 5.26 Å². The van der Waals surface area contributed by atoms with E-state index in [1.54, 1.807) is 18.3 Å². The summed E-state index contributed by atoms with van der Waals surface area (Å²) in [6.45, 7) is 0. The van der Waals surface area contributed by atoms with Gasteiger partial charge in [0, 0.05) is 17.3 Å². The third-order valence-corrected chi connectivity index (χ3v) is 5.31. The van der Waals surface area contributed by atoms with Gasteiger partial charge in [0.1, 0.15) is 17.4 Å². The predicted molar refractivity (Wildman–Crippen MR) is 124 cm³/mol. The van der Waals surface area contributed by atoms with Crippen molar-refractivity contribution in [2.24, 2.45) is 4.99 Å². The number of furan rings is 1. The van der Waals surface area contributed by atoms with Crippen LogP contribution < -0.4 is 4.74 Å². The normalized spacial score (nSPS) is 10.9. The molecular formula is C25H17BrN2O3. The summed E-state index contributed by atoms with van der Waals surface area (Å²) in [5.74, 6) is 1.11. The number of aliphatic imine (C=N–C) groups is 1. The fraction of sp³-hybridized carbons (Fsp3) is 0.0400. The minimum absolute atomic E-state index is 0.00749. The Labute approximate surface area is 188 Å². The summed E-state index contributed by atoms with van der Waals surface area (Å²) in [6.07, 6.45) is 1.57. The van der Waals surface area contributed by atoms with E-state index in [2.05, 4.69) is 27.0 Å². The highest BCUT2D eigenvalue weighted by molar-refractivity contribution is 9.10. The molecule has 0 saturated heterocycles. The molecule has 0 aliphatic heterocycles. The van der Waals surface area contributed by atoms with Crippen LogP contribution in [0.25, 0.3) is 22.5 Å². The first-order chi connectivity index (χ1) is 15.1. The molecule has 6 heteroatoms. The lowest BCUT2D eigenvalue weighted by molar-refractivity contribution is 0.372. The summed E-state index contributed by atoms with van der Waals surface area (Å²) in [7, 11) is 1.47. The molecule has 4 rings (SSSR count). The quantitative estimate of drug-likeness (QED) is 0.327. The molecule has 4 aromatic rings. The van der Waals surface area contributed by atoms with E-state index in [-0.39, 0.29) is 11.6 Å². The van der Waals surface area contributed by atoms with Gasteiger partial charge in [-0.3, -0.25) is 0 Å². The molecule has 1 N–H and O–H groups in total. The van der Waals surface area contributed by atoms with Gasteiger partial charge in [-0.25, -0.2) is 4.99 Å². The maximum atomic E-state index is 10.0. The van der Waals surface area contributed by atoms with Crippen LogP contribution in [0, 0.1) is 11.3 Å². The Balaban J connectivity index is 1.86. The highest BCUT2D eigenvalue weighted by Crippen LogP contribution is 2.42. The first-order valence-electron chi connectivity index (χ1n) is 9.40. The van der Waals surface area contributed by atoms with Crippen LogP contribution in [0.5, 0.6) is 11.5 Å². The summed E-state index contributed by atoms with van der Waals surface area (Å²) in [5, 5.41) is 19.9. The number of methoxy groups -OCH3 is 1. The van der Waals surface area contributed by atoms with Crippen molar-refractivity contribution in [2.45, 2.75) is 0 Å². The number of rotatable bonds is 5. The van der Waals surface area contributed by atoms with Gasteiger partial charge in [-0.1, -0.05) is 60.7 Å². The van der Waals surface area contributed by atoms with Gasteiger partial charge in [0.15, 0.2) is 11.5 Å². The van der Waals surface area contributed by atoms with Gasteiger partial charge in [0.25, 0.3) is 0 Å². The summed E-state index contributed by atoms with van der Waals surface area (Å²) in [6, 6.07) is 24.9. The molecule has 0 radical (unpaired) electrons.